The van der Waals surface area contributed by atoms with Gasteiger partial charge in [0.15, 0.2) is 6.10 Å². The minimum Gasteiger partial charge on any atom is -0.495 e. The molecule has 5 heteroatoms. The zero-order valence-corrected chi connectivity index (χ0v) is 9.08. The van der Waals surface area contributed by atoms with Crippen molar-refractivity contribution < 1.29 is 19.7 Å². The summed E-state index contributed by atoms with van der Waals surface area (Å²) in [7, 11) is 1.47. The van der Waals surface area contributed by atoms with Gasteiger partial charge in [-0.3, -0.25) is 0 Å². The van der Waals surface area contributed by atoms with E-state index in [9.17, 15) is 9.90 Å². The van der Waals surface area contributed by atoms with Crippen LogP contribution in [0.25, 0.3) is 0 Å². The molecule has 15 heavy (non-hydrogen) atoms. The van der Waals surface area contributed by atoms with E-state index in [4.69, 9.17) is 21.4 Å². The first-order valence-corrected chi connectivity index (χ1v) is 4.60. The zero-order valence-electron chi connectivity index (χ0n) is 8.32. The molecule has 4 nitrogen and oxygen atoms in total. The monoisotopic (exact) mass is 230 g/mol. The van der Waals surface area contributed by atoms with Crippen molar-refractivity contribution in [3.63, 3.8) is 0 Å². The number of aryl methyl sites for hydroxylation is 1. The molecule has 0 bridgehead atoms. The fourth-order valence-electron chi connectivity index (χ4n) is 1.25. The lowest BCUT2D eigenvalue weighted by Crippen LogP contribution is -2.12. The molecular weight excluding hydrogens is 220 g/mol. The van der Waals surface area contributed by atoms with Gasteiger partial charge < -0.3 is 14.9 Å². The maximum Gasteiger partial charge on any atom is 0.337 e. The molecule has 0 amide bonds. The summed E-state index contributed by atoms with van der Waals surface area (Å²) in [6, 6.07) is 2.98. The molecule has 2 N–H and O–H groups in total. The number of carboxylic acids is 1. The van der Waals surface area contributed by atoms with E-state index in [1.165, 1.54) is 13.2 Å². The highest BCUT2D eigenvalue weighted by Gasteiger charge is 2.19. The Bertz CT molecular complexity index is 389. The smallest absolute Gasteiger partial charge is 0.337 e. The first kappa shape index (κ1) is 11.8. The molecule has 1 rings (SSSR count). The van der Waals surface area contributed by atoms with E-state index in [-0.39, 0.29) is 10.6 Å². The van der Waals surface area contributed by atoms with Crippen molar-refractivity contribution >= 4 is 17.6 Å². The van der Waals surface area contributed by atoms with Gasteiger partial charge in [0.05, 0.1) is 12.1 Å². The quantitative estimate of drug-likeness (QED) is 0.831. The highest BCUT2D eigenvalue weighted by molar-refractivity contribution is 6.32. The molecule has 1 unspecified atom stereocenters. The van der Waals surface area contributed by atoms with Crippen LogP contribution in [-0.4, -0.2) is 23.3 Å². The highest BCUT2D eigenvalue weighted by Crippen LogP contribution is 2.30. The number of hydrogen-bond acceptors (Lipinski definition) is 3. The lowest BCUT2D eigenvalue weighted by Gasteiger charge is -2.12. The molecule has 0 heterocycles. The molecule has 0 aliphatic rings. The molecule has 0 radical (unpaired) electrons. The number of ether oxygens (including phenoxy) is 1. The van der Waals surface area contributed by atoms with Crippen molar-refractivity contribution in [2.75, 3.05) is 7.11 Å². The van der Waals surface area contributed by atoms with Gasteiger partial charge in [-0.2, -0.15) is 0 Å². The number of rotatable bonds is 3. The SMILES string of the molecule is COc1cc(C)c(C(O)C(=O)O)cc1Cl. The van der Waals surface area contributed by atoms with Crippen LogP contribution in [0.3, 0.4) is 0 Å². The summed E-state index contributed by atoms with van der Waals surface area (Å²) in [4.78, 5) is 10.6. The van der Waals surface area contributed by atoms with Gasteiger partial charge >= 0.3 is 5.97 Å². The molecule has 1 aromatic rings. The van der Waals surface area contributed by atoms with Gasteiger partial charge in [0.2, 0.25) is 0 Å². The normalized spacial score (nSPS) is 12.3. The largest absolute Gasteiger partial charge is 0.495 e. The zero-order chi connectivity index (χ0) is 11.6. The van der Waals surface area contributed by atoms with E-state index in [0.717, 1.165) is 0 Å². The van der Waals surface area contributed by atoms with Crippen molar-refractivity contribution in [1.82, 2.24) is 0 Å². The number of aliphatic carboxylic acids is 1. The molecule has 82 valence electrons. The van der Waals surface area contributed by atoms with Crippen molar-refractivity contribution in [2.45, 2.75) is 13.0 Å². The van der Waals surface area contributed by atoms with Gasteiger partial charge in [-0.05, 0) is 30.2 Å². The Balaban J connectivity index is 3.21. The third-order valence-electron chi connectivity index (χ3n) is 2.07. The Labute approximate surface area is 92.1 Å². The molecule has 0 fully saturated rings. The number of aliphatic hydroxyl groups excluding tert-OH is 1. The van der Waals surface area contributed by atoms with Crippen LogP contribution in [0.4, 0.5) is 0 Å². The van der Waals surface area contributed by atoms with Crippen LogP contribution in [0.1, 0.15) is 17.2 Å². The van der Waals surface area contributed by atoms with Crippen molar-refractivity contribution in [2.24, 2.45) is 0 Å². The maximum absolute atomic E-state index is 10.6. The Morgan fingerprint density at radius 2 is 2.13 bits per heavy atom. The van der Waals surface area contributed by atoms with E-state index < -0.39 is 12.1 Å². The Hall–Kier alpha value is -1.26. The van der Waals surface area contributed by atoms with Crippen molar-refractivity contribution in [3.05, 3.63) is 28.3 Å². The molecular formula is C10H11ClO4. The molecule has 0 aromatic heterocycles. The van der Waals surface area contributed by atoms with Crippen LogP contribution < -0.4 is 4.74 Å². The second kappa shape index (κ2) is 4.51. The summed E-state index contributed by atoms with van der Waals surface area (Å²) < 4.78 is 4.96. The van der Waals surface area contributed by atoms with Gasteiger partial charge in [-0.1, -0.05) is 11.6 Å². The van der Waals surface area contributed by atoms with E-state index in [2.05, 4.69) is 0 Å². The van der Waals surface area contributed by atoms with Crippen molar-refractivity contribution in [1.29, 1.82) is 0 Å². The molecule has 0 saturated carbocycles. The Kier molecular flexibility index (Phi) is 3.55. The fraction of sp³-hybridized carbons (Fsp3) is 0.300. The first-order valence-electron chi connectivity index (χ1n) is 4.22. The van der Waals surface area contributed by atoms with Crippen LogP contribution in [0.5, 0.6) is 5.75 Å². The van der Waals surface area contributed by atoms with E-state index in [1.54, 1.807) is 13.0 Å². The predicted molar refractivity (Wildman–Crippen MR) is 55.3 cm³/mol. The standard InChI is InChI=1S/C10H11ClO4/c1-5-3-8(15-2)7(11)4-6(5)9(12)10(13)14/h3-4,9,12H,1-2H3,(H,13,14). The van der Waals surface area contributed by atoms with Crippen molar-refractivity contribution in [3.8, 4) is 5.75 Å². The second-order valence-electron chi connectivity index (χ2n) is 3.08. The maximum atomic E-state index is 10.6. The summed E-state index contributed by atoms with van der Waals surface area (Å²) in [5, 5.41) is 18.3. The number of methoxy groups -OCH3 is 1. The second-order valence-corrected chi connectivity index (χ2v) is 3.49. The van der Waals surface area contributed by atoms with E-state index in [0.29, 0.717) is 11.3 Å². The van der Waals surface area contributed by atoms with Crippen LogP contribution in [0.15, 0.2) is 12.1 Å². The minimum atomic E-state index is -1.56. The summed E-state index contributed by atoms with van der Waals surface area (Å²) in [6.07, 6.45) is -1.56. The molecule has 0 saturated heterocycles. The number of benzene rings is 1. The average Bonchev–Trinajstić information content (AvgIpc) is 2.19. The topological polar surface area (TPSA) is 66.8 Å². The van der Waals surface area contributed by atoms with E-state index >= 15 is 0 Å². The first-order chi connectivity index (χ1) is 6.97. The van der Waals surface area contributed by atoms with Gasteiger partial charge in [-0.15, -0.1) is 0 Å². The van der Waals surface area contributed by atoms with Crippen LogP contribution in [0, 0.1) is 6.92 Å². The van der Waals surface area contributed by atoms with Crippen LogP contribution >= 0.6 is 11.6 Å². The number of hydrogen-bond donors (Lipinski definition) is 2. The predicted octanol–water partition coefficient (Wildman–Crippen LogP) is 1.78. The lowest BCUT2D eigenvalue weighted by molar-refractivity contribution is -0.147. The van der Waals surface area contributed by atoms with Gasteiger partial charge in [0.1, 0.15) is 5.75 Å². The van der Waals surface area contributed by atoms with Crippen LogP contribution in [-0.2, 0) is 4.79 Å². The summed E-state index contributed by atoms with van der Waals surface area (Å²) in [6.45, 7) is 1.68. The third-order valence-corrected chi connectivity index (χ3v) is 2.36. The molecule has 0 aliphatic heterocycles. The highest BCUT2D eigenvalue weighted by atomic mass is 35.5. The van der Waals surface area contributed by atoms with Crippen LogP contribution in [0.2, 0.25) is 5.02 Å². The summed E-state index contributed by atoms with van der Waals surface area (Å²) >= 11 is 5.82. The van der Waals surface area contributed by atoms with E-state index in [1.807, 2.05) is 0 Å². The third kappa shape index (κ3) is 2.40. The number of aliphatic hydroxyl groups is 1. The summed E-state index contributed by atoms with van der Waals surface area (Å²) in [5.74, 6) is -0.852. The Morgan fingerprint density at radius 3 is 2.60 bits per heavy atom. The van der Waals surface area contributed by atoms with Gasteiger partial charge in [0, 0.05) is 0 Å². The molecule has 1 aromatic carbocycles. The summed E-state index contributed by atoms with van der Waals surface area (Å²) in [5.41, 5.74) is 0.888. The molecule has 1 atom stereocenters. The minimum absolute atomic E-state index is 0.272. The number of carboxylic acid groups (broad SMARTS) is 1. The number of carbonyl (C=O) groups is 1. The van der Waals surface area contributed by atoms with Gasteiger partial charge in [-0.25, -0.2) is 4.79 Å². The fourth-order valence-corrected chi connectivity index (χ4v) is 1.50. The Morgan fingerprint density at radius 1 is 1.53 bits per heavy atom. The molecule has 0 spiro atoms. The average molecular weight is 231 g/mol. The lowest BCUT2D eigenvalue weighted by atomic mass is 10.0. The van der Waals surface area contributed by atoms with Gasteiger partial charge in [0.25, 0.3) is 0 Å². The number of halogens is 1. The molecule has 0 aliphatic carbocycles.